The van der Waals surface area contributed by atoms with Crippen LogP contribution in [0.3, 0.4) is 0 Å². The minimum absolute atomic E-state index is 0.0908. The third-order valence-electron chi connectivity index (χ3n) is 6.90. The molecule has 2 unspecified atom stereocenters. The summed E-state index contributed by atoms with van der Waals surface area (Å²) in [6.45, 7) is 0.642. The summed E-state index contributed by atoms with van der Waals surface area (Å²) in [5.41, 5.74) is 2.29. The molecule has 186 valence electrons. The molecule has 1 amide bonds. The second kappa shape index (κ2) is 9.94. The van der Waals surface area contributed by atoms with Gasteiger partial charge in [0.15, 0.2) is 6.23 Å². The van der Waals surface area contributed by atoms with Crippen LogP contribution in [-0.4, -0.2) is 68.4 Å². The molecule has 2 fully saturated rings. The van der Waals surface area contributed by atoms with E-state index in [0.29, 0.717) is 18.5 Å². The zero-order valence-corrected chi connectivity index (χ0v) is 19.2. The molecule has 5 rings (SSSR count). The number of carbonyl (C=O) groups is 1. The van der Waals surface area contributed by atoms with Crippen LogP contribution < -0.4 is 0 Å². The normalized spacial score (nSPS) is 26.9. The van der Waals surface area contributed by atoms with Gasteiger partial charge in [-0.15, -0.1) is 0 Å². The first kappa shape index (κ1) is 23.7. The maximum Gasteiger partial charge on any atom is 0.410 e. The van der Waals surface area contributed by atoms with Crippen LogP contribution >= 0.6 is 0 Å². The Balaban J connectivity index is 1.37. The van der Waals surface area contributed by atoms with Crippen molar-refractivity contribution in [2.45, 2.75) is 56.5 Å². The van der Waals surface area contributed by atoms with Gasteiger partial charge >= 0.3 is 6.09 Å². The molecule has 2 aromatic carbocycles. The third-order valence-corrected chi connectivity index (χ3v) is 6.90. The van der Waals surface area contributed by atoms with Crippen molar-refractivity contribution in [3.63, 3.8) is 0 Å². The molecule has 1 aromatic heterocycles. The summed E-state index contributed by atoms with van der Waals surface area (Å²) in [7, 11) is 0. The van der Waals surface area contributed by atoms with E-state index in [4.69, 9.17) is 9.47 Å². The van der Waals surface area contributed by atoms with E-state index in [2.05, 4.69) is 0 Å². The predicted octanol–water partition coefficient (Wildman–Crippen LogP) is 2.74. The number of halogens is 1. The SMILES string of the molecule is O=C(OCc1ccccc1)N1CCC[C@H]1Cc1cn(C2OC[C@@H](O)C(O)[C@H]2O)c2cc(F)ccc12. The first-order valence-electron chi connectivity index (χ1n) is 11.8. The van der Waals surface area contributed by atoms with E-state index in [1.807, 2.05) is 30.3 Å². The lowest BCUT2D eigenvalue weighted by atomic mass is 10.0. The van der Waals surface area contributed by atoms with Gasteiger partial charge in [-0.25, -0.2) is 9.18 Å². The van der Waals surface area contributed by atoms with Crippen molar-refractivity contribution in [2.24, 2.45) is 0 Å². The van der Waals surface area contributed by atoms with Gasteiger partial charge in [-0.05, 0) is 48.6 Å². The lowest BCUT2D eigenvalue weighted by molar-refractivity contribution is -0.209. The molecule has 9 heteroatoms. The van der Waals surface area contributed by atoms with E-state index in [1.165, 1.54) is 12.1 Å². The molecule has 2 aliphatic rings. The van der Waals surface area contributed by atoms with Gasteiger partial charge in [0, 0.05) is 24.2 Å². The summed E-state index contributed by atoms with van der Waals surface area (Å²) < 4.78 is 26.9. The number of aromatic nitrogens is 1. The highest BCUT2D eigenvalue weighted by atomic mass is 19.1. The quantitative estimate of drug-likeness (QED) is 0.515. The number of rotatable bonds is 5. The summed E-state index contributed by atoms with van der Waals surface area (Å²) in [4.78, 5) is 14.6. The molecule has 0 spiro atoms. The predicted molar refractivity (Wildman–Crippen MR) is 125 cm³/mol. The Morgan fingerprint density at radius 1 is 1.11 bits per heavy atom. The highest BCUT2D eigenvalue weighted by molar-refractivity contribution is 5.84. The average Bonchev–Trinajstić information content (AvgIpc) is 3.47. The number of ether oxygens (including phenoxy) is 2. The van der Waals surface area contributed by atoms with Crippen molar-refractivity contribution in [1.29, 1.82) is 0 Å². The van der Waals surface area contributed by atoms with Gasteiger partial charge in [-0.3, -0.25) is 0 Å². The summed E-state index contributed by atoms with van der Waals surface area (Å²) in [6, 6.07) is 13.8. The van der Waals surface area contributed by atoms with E-state index in [1.54, 1.807) is 21.7 Å². The molecule has 0 bridgehead atoms. The van der Waals surface area contributed by atoms with Crippen LogP contribution in [0.15, 0.2) is 54.7 Å². The van der Waals surface area contributed by atoms with Crippen LogP contribution in [0.2, 0.25) is 0 Å². The molecule has 0 radical (unpaired) electrons. The minimum atomic E-state index is -1.39. The fourth-order valence-corrected chi connectivity index (χ4v) is 5.05. The molecule has 3 aromatic rings. The molecule has 0 saturated carbocycles. The van der Waals surface area contributed by atoms with E-state index < -0.39 is 30.4 Å². The number of fused-ring (bicyclic) bond motifs is 1. The Labute approximate surface area is 202 Å². The van der Waals surface area contributed by atoms with Crippen LogP contribution in [0.4, 0.5) is 9.18 Å². The molecular formula is C26H29FN2O6. The second-order valence-corrected chi connectivity index (χ2v) is 9.23. The van der Waals surface area contributed by atoms with E-state index in [-0.39, 0.29) is 25.3 Å². The topological polar surface area (TPSA) is 104 Å². The number of benzene rings is 2. The van der Waals surface area contributed by atoms with Gasteiger partial charge in [-0.1, -0.05) is 30.3 Å². The highest BCUT2D eigenvalue weighted by Crippen LogP contribution is 2.33. The van der Waals surface area contributed by atoms with Crippen molar-refractivity contribution in [3.8, 4) is 0 Å². The van der Waals surface area contributed by atoms with Gasteiger partial charge in [0.05, 0.1) is 12.1 Å². The molecule has 0 aliphatic carbocycles. The summed E-state index contributed by atoms with van der Waals surface area (Å²) >= 11 is 0. The number of nitrogens with zero attached hydrogens (tertiary/aromatic N) is 2. The zero-order valence-electron chi connectivity index (χ0n) is 19.2. The van der Waals surface area contributed by atoms with Gasteiger partial charge in [0.2, 0.25) is 0 Å². The monoisotopic (exact) mass is 484 g/mol. The van der Waals surface area contributed by atoms with E-state index >= 15 is 0 Å². The fourth-order valence-electron chi connectivity index (χ4n) is 5.05. The summed E-state index contributed by atoms with van der Waals surface area (Å²) in [6.07, 6.45) is -1.37. The van der Waals surface area contributed by atoms with Gasteiger partial charge in [-0.2, -0.15) is 0 Å². The number of aliphatic hydroxyl groups excluding tert-OH is 3. The maximum absolute atomic E-state index is 14.2. The Bertz CT molecular complexity index is 1190. The standard InChI is InChI=1S/C26H29FN2O6/c27-18-8-9-20-17(13-29(21(20)12-18)25-24(32)23(31)22(30)15-34-25)11-19-7-4-10-28(19)26(33)35-14-16-5-2-1-3-6-16/h1-3,5-6,8-9,12-13,19,22-25,30-32H,4,7,10-11,14-15H2/t19-,22+,23?,24+,25?/m0/s1. The molecule has 8 nitrogen and oxygen atoms in total. The van der Waals surface area contributed by atoms with Crippen LogP contribution in [0.25, 0.3) is 10.9 Å². The Morgan fingerprint density at radius 2 is 1.91 bits per heavy atom. The maximum atomic E-state index is 14.2. The second-order valence-electron chi connectivity index (χ2n) is 9.23. The van der Waals surface area contributed by atoms with Crippen LogP contribution in [-0.2, 0) is 22.5 Å². The molecule has 5 atom stereocenters. The Kier molecular flexibility index (Phi) is 6.75. The molecule has 35 heavy (non-hydrogen) atoms. The van der Waals surface area contributed by atoms with Crippen molar-refractivity contribution < 1.29 is 34.0 Å². The van der Waals surface area contributed by atoms with Gasteiger partial charge < -0.3 is 34.3 Å². The average molecular weight is 485 g/mol. The number of hydrogen-bond acceptors (Lipinski definition) is 6. The van der Waals surface area contributed by atoms with Crippen molar-refractivity contribution in [1.82, 2.24) is 9.47 Å². The molecule has 3 N–H and O–H groups in total. The first-order chi connectivity index (χ1) is 16.9. The minimum Gasteiger partial charge on any atom is -0.445 e. The van der Waals surface area contributed by atoms with Gasteiger partial charge in [0.1, 0.15) is 30.7 Å². The highest BCUT2D eigenvalue weighted by Gasteiger charge is 2.39. The number of likely N-dealkylation sites (tertiary alicyclic amines) is 1. The number of amides is 1. The first-order valence-corrected chi connectivity index (χ1v) is 11.8. The van der Waals surface area contributed by atoms with Crippen LogP contribution in [0, 0.1) is 5.82 Å². The van der Waals surface area contributed by atoms with Gasteiger partial charge in [0.25, 0.3) is 0 Å². The Hall–Kier alpha value is -2.98. The molecule has 3 heterocycles. The molecule has 2 aliphatic heterocycles. The number of aliphatic hydroxyl groups is 3. The molecule has 2 saturated heterocycles. The summed E-state index contributed by atoms with van der Waals surface area (Å²) in [5, 5.41) is 31.3. The summed E-state index contributed by atoms with van der Waals surface area (Å²) in [5.74, 6) is -0.443. The van der Waals surface area contributed by atoms with Crippen molar-refractivity contribution in [3.05, 3.63) is 71.7 Å². The third kappa shape index (κ3) is 4.77. The van der Waals surface area contributed by atoms with Crippen molar-refractivity contribution in [2.75, 3.05) is 13.2 Å². The van der Waals surface area contributed by atoms with E-state index in [9.17, 15) is 24.5 Å². The Morgan fingerprint density at radius 3 is 2.71 bits per heavy atom. The lowest BCUT2D eigenvalue weighted by Crippen LogP contribution is -2.50. The number of carbonyl (C=O) groups excluding carboxylic acids is 1. The van der Waals surface area contributed by atoms with Crippen molar-refractivity contribution >= 4 is 17.0 Å². The lowest BCUT2D eigenvalue weighted by Gasteiger charge is -2.36. The number of hydrogen-bond donors (Lipinski definition) is 3. The van der Waals surface area contributed by atoms with Crippen LogP contribution in [0.5, 0.6) is 0 Å². The van der Waals surface area contributed by atoms with E-state index in [0.717, 1.165) is 29.4 Å². The zero-order chi connectivity index (χ0) is 24.5. The van der Waals surface area contributed by atoms with Crippen LogP contribution in [0.1, 0.15) is 30.2 Å². The molecular weight excluding hydrogens is 455 g/mol. The largest absolute Gasteiger partial charge is 0.445 e. The smallest absolute Gasteiger partial charge is 0.410 e. The fraction of sp³-hybridized carbons (Fsp3) is 0.423.